The summed E-state index contributed by atoms with van der Waals surface area (Å²) >= 11 is 18.5. The van der Waals surface area contributed by atoms with E-state index in [-0.39, 0.29) is 11.9 Å². The highest BCUT2D eigenvalue weighted by atomic mass is 35.5. The average molecular weight is 469 g/mol. The van der Waals surface area contributed by atoms with Gasteiger partial charge < -0.3 is 15.5 Å². The minimum absolute atomic E-state index is 0.113. The summed E-state index contributed by atoms with van der Waals surface area (Å²) in [6.07, 6.45) is 3.38. The van der Waals surface area contributed by atoms with Crippen molar-refractivity contribution in [3.8, 4) is 0 Å². The summed E-state index contributed by atoms with van der Waals surface area (Å²) in [5.74, 6) is 1.17. The molecule has 0 unspecified atom stereocenters. The molecule has 1 aliphatic heterocycles. The Balaban J connectivity index is 1.53. The zero-order valence-corrected chi connectivity index (χ0v) is 18.7. The number of likely N-dealkylation sites (tertiary alicyclic amines) is 1. The molecule has 1 aromatic carbocycles. The molecule has 8 nitrogen and oxygen atoms in total. The lowest BCUT2D eigenvalue weighted by Gasteiger charge is -2.31. The van der Waals surface area contributed by atoms with Crippen LogP contribution in [0.3, 0.4) is 0 Å². The Morgan fingerprint density at radius 2 is 1.80 bits per heavy atom. The Bertz CT molecular complexity index is 1090. The van der Waals surface area contributed by atoms with Crippen LogP contribution in [0.4, 0.5) is 17.6 Å². The molecule has 0 bridgehead atoms. The molecule has 0 atom stereocenters. The van der Waals surface area contributed by atoms with E-state index in [4.69, 9.17) is 34.8 Å². The van der Waals surface area contributed by atoms with Crippen LogP contribution >= 0.6 is 34.8 Å². The normalized spacial score (nSPS) is 14.9. The van der Waals surface area contributed by atoms with E-state index in [1.807, 2.05) is 16.5 Å². The van der Waals surface area contributed by atoms with Gasteiger partial charge in [-0.3, -0.25) is 9.36 Å². The van der Waals surface area contributed by atoms with Gasteiger partial charge in [-0.15, -0.1) is 0 Å². The first kappa shape index (κ1) is 21.0. The van der Waals surface area contributed by atoms with E-state index in [0.29, 0.717) is 43.8 Å². The zero-order valence-electron chi connectivity index (χ0n) is 16.4. The summed E-state index contributed by atoms with van der Waals surface area (Å²) in [7, 11) is 1.84. The maximum Gasteiger partial charge on any atom is 0.224 e. The highest BCUT2D eigenvalue weighted by Crippen LogP contribution is 2.35. The largest absolute Gasteiger partial charge is 0.351 e. The van der Waals surface area contributed by atoms with Crippen LogP contribution in [0.1, 0.15) is 19.8 Å². The van der Waals surface area contributed by atoms with Crippen LogP contribution in [0.25, 0.3) is 11.2 Å². The number of hydrogen-bond donors (Lipinski definition) is 2. The van der Waals surface area contributed by atoms with Crippen LogP contribution in [0.5, 0.6) is 0 Å². The predicted molar refractivity (Wildman–Crippen MR) is 120 cm³/mol. The molecule has 1 amide bonds. The molecule has 0 saturated carbocycles. The minimum atomic E-state index is 0.113. The molecular formula is C19H20Cl3N7O. The standard InChI is InChI=1S/C19H20Cl3N7O/c1-10(30)29-5-3-12(4-6-29)24-18-23-9-15-17(27-18)28(2)19(25-15)26-16-13(21)7-11(20)8-14(16)22/h7-9,12H,3-6H2,1-2H3,(H,25,26)(H,23,24,27). The summed E-state index contributed by atoms with van der Waals surface area (Å²) in [5.41, 5.74) is 1.82. The molecule has 11 heteroatoms. The Hall–Kier alpha value is -2.29. The number of halogens is 3. The molecule has 3 aromatic rings. The van der Waals surface area contributed by atoms with Crippen LogP contribution in [-0.2, 0) is 11.8 Å². The smallest absolute Gasteiger partial charge is 0.224 e. The third kappa shape index (κ3) is 4.26. The van der Waals surface area contributed by atoms with Gasteiger partial charge in [-0.1, -0.05) is 34.8 Å². The number of amides is 1. The number of piperidine rings is 1. The Labute approximate surface area is 188 Å². The van der Waals surface area contributed by atoms with E-state index in [9.17, 15) is 4.79 Å². The first-order valence-electron chi connectivity index (χ1n) is 9.45. The van der Waals surface area contributed by atoms with Crippen LogP contribution in [0, 0.1) is 0 Å². The molecule has 2 N–H and O–H groups in total. The number of hydrogen-bond acceptors (Lipinski definition) is 6. The monoisotopic (exact) mass is 467 g/mol. The molecule has 1 fully saturated rings. The lowest BCUT2D eigenvalue weighted by molar-refractivity contribution is -0.129. The Morgan fingerprint density at radius 1 is 1.13 bits per heavy atom. The molecule has 2 aromatic heterocycles. The fraction of sp³-hybridized carbons (Fsp3) is 0.368. The van der Waals surface area contributed by atoms with Crippen LogP contribution in [0.15, 0.2) is 18.3 Å². The van der Waals surface area contributed by atoms with Crippen molar-refractivity contribution in [1.29, 1.82) is 0 Å². The zero-order chi connectivity index (χ0) is 21.4. The number of fused-ring (bicyclic) bond motifs is 1. The van der Waals surface area contributed by atoms with E-state index in [1.54, 1.807) is 25.3 Å². The van der Waals surface area contributed by atoms with Crippen LogP contribution in [0.2, 0.25) is 15.1 Å². The van der Waals surface area contributed by atoms with Gasteiger partial charge in [0, 0.05) is 38.1 Å². The molecule has 1 aliphatic rings. The third-order valence-corrected chi connectivity index (χ3v) is 5.94. The fourth-order valence-electron chi connectivity index (χ4n) is 3.46. The van der Waals surface area contributed by atoms with Gasteiger partial charge in [0.1, 0.15) is 5.52 Å². The van der Waals surface area contributed by atoms with Crippen molar-refractivity contribution < 1.29 is 4.79 Å². The summed E-state index contributed by atoms with van der Waals surface area (Å²) in [6, 6.07) is 3.44. The summed E-state index contributed by atoms with van der Waals surface area (Å²) in [6.45, 7) is 3.07. The van der Waals surface area contributed by atoms with Crippen molar-refractivity contribution in [2.45, 2.75) is 25.8 Å². The molecule has 0 aliphatic carbocycles. The third-order valence-electron chi connectivity index (χ3n) is 5.13. The van der Waals surface area contributed by atoms with E-state index in [2.05, 4.69) is 25.6 Å². The van der Waals surface area contributed by atoms with Gasteiger partial charge >= 0.3 is 0 Å². The number of carbonyl (C=O) groups excluding carboxylic acids is 1. The number of aromatic nitrogens is 4. The van der Waals surface area contributed by atoms with Crippen LogP contribution in [-0.4, -0.2) is 49.5 Å². The number of nitrogens with zero attached hydrogens (tertiary/aromatic N) is 5. The first-order valence-corrected chi connectivity index (χ1v) is 10.6. The van der Waals surface area contributed by atoms with Crippen molar-refractivity contribution in [2.24, 2.45) is 7.05 Å². The van der Waals surface area contributed by atoms with E-state index in [0.717, 1.165) is 25.9 Å². The number of rotatable bonds is 4. The van der Waals surface area contributed by atoms with E-state index < -0.39 is 0 Å². The van der Waals surface area contributed by atoms with Gasteiger partial charge in [0.2, 0.25) is 17.8 Å². The maximum atomic E-state index is 11.5. The second-order valence-corrected chi connectivity index (χ2v) is 8.44. The Morgan fingerprint density at radius 3 is 2.43 bits per heavy atom. The summed E-state index contributed by atoms with van der Waals surface area (Å²) in [5, 5.41) is 7.75. The number of anilines is 3. The van der Waals surface area contributed by atoms with Gasteiger partial charge in [-0.2, -0.15) is 4.98 Å². The number of aryl methyl sites for hydroxylation is 1. The van der Waals surface area contributed by atoms with Crippen LogP contribution < -0.4 is 10.6 Å². The topological polar surface area (TPSA) is 88.0 Å². The van der Waals surface area contributed by atoms with Gasteiger partial charge in [0.15, 0.2) is 5.65 Å². The van der Waals surface area contributed by atoms with Crippen molar-refractivity contribution in [1.82, 2.24) is 24.4 Å². The molecule has 4 rings (SSSR count). The maximum absolute atomic E-state index is 11.5. The van der Waals surface area contributed by atoms with Crippen molar-refractivity contribution in [3.63, 3.8) is 0 Å². The number of nitrogens with one attached hydrogen (secondary N) is 2. The number of benzene rings is 1. The van der Waals surface area contributed by atoms with Gasteiger partial charge in [-0.05, 0) is 25.0 Å². The van der Waals surface area contributed by atoms with Crippen molar-refractivity contribution in [3.05, 3.63) is 33.4 Å². The van der Waals surface area contributed by atoms with Crippen molar-refractivity contribution in [2.75, 3.05) is 23.7 Å². The van der Waals surface area contributed by atoms with Gasteiger partial charge in [0.05, 0.1) is 21.9 Å². The molecule has 0 radical (unpaired) electrons. The van der Waals surface area contributed by atoms with Crippen molar-refractivity contribution >= 4 is 69.5 Å². The Kier molecular flexibility index (Phi) is 5.90. The van der Waals surface area contributed by atoms with E-state index >= 15 is 0 Å². The lowest BCUT2D eigenvalue weighted by Crippen LogP contribution is -2.41. The molecular weight excluding hydrogens is 449 g/mol. The van der Waals surface area contributed by atoms with Gasteiger partial charge in [0.25, 0.3) is 0 Å². The quantitative estimate of drug-likeness (QED) is 0.586. The van der Waals surface area contributed by atoms with Gasteiger partial charge in [-0.25, -0.2) is 9.97 Å². The van der Waals surface area contributed by atoms with E-state index in [1.165, 1.54) is 0 Å². The lowest BCUT2D eigenvalue weighted by atomic mass is 10.1. The first-order chi connectivity index (χ1) is 14.3. The molecule has 1 saturated heterocycles. The second kappa shape index (κ2) is 8.45. The molecule has 3 heterocycles. The number of carbonyl (C=O) groups is 1. The highest BCUT2D eigenvalue weighted by molar-refractivity contribution is 6.41. The predicted octanol–water partition coefficient (Wildman–Crippen LogP) is 4.49. The molecule has 158 valence electrons. The molecule has 30 heavy (non-hydrogen) atoms. The second-order valence-electron chi connectivity index (χ2n) is 7.19. The molecule has 0 spiro atoms. The fourth-order valence-corrected chi connectivity index (χ4v) is 4.37. The summed E-state index contributed by atoms with van der Waals surface area (Å²) in [4.78, 5) is 26.9. The summed E-state index contributed by atoms with van der Waals surface area (Å²) < 4.78 is 1.81. The minimum Gasteiger partial charge on any atom is -0.351 e. The average Bonchev–Trinajstić information content (AvgIpc) is 3.00. The number of imidazole rings is 1. The SMILES string of the molecule is CC(=O)N1CCC(Nc2ncc3nc(Nc4c(Cl)cc(Cl)cc4Cl)n(C)c3n2)CC1. The highest BCUT2D eigenvalue weighted by Gasteiger charge is 2.22.